The van der Waals surface area contributed by atoms with Crippen molar-refractivity contribution in [3.05, 3.63) is 24.4 Å². The van der Waals surface area contributed by atoms with Crippen LogP contribution in [-0.2, 0) is 15.0 Å². The maximum Gasteiger partial charge on any atom is 0.307 e. The average molecular weight is 283 g/mol. The Hall–Kier alpha value is -1.96. The second-order valence-corrected chi connectivity index (χ2v) is 6.07. The zero-order valence-corrected chi connectivity index (χ0v) is 10.5. The summed E-state index contributed by atoms with van der Waals surface area (Å²) >= 11 is 0. The van der Waals surface area contributed by atoms with Crippen LogP contribution in [0.5, 0.6) is 0 Å². The summed E-state index contributed by atoms with van der Waals surface area (Å²) in [6.45, 7) is -0.155. The number of carbonyl (C=O) groups is 1. The first-order chi connectivity index (χ1) is 8.95. The molecule has 6 nitrogen and oxygen atoms in total. The molecule has 1 unspecified atom stereocenters. The standard InChI is InChI=1S/C11H10FN3O3S/c12-19(17,18)9-4-11(16)15(6-9)8-2-1-7-5-13-14-10(7)3-8/h1-3,5,9H,4,6H2,(H,13,14). The van der Waals surface area contributed by atoms with Crippen molar-refractivity contribution in [1.82, 2.24) is 10.2 Å². The molecule has 1 amide bonds. The van der Waals surface area contributed by atoms with E-state index in [2.05, 4.69) is 10.2 Å². The van der Waals surface area contributed by atoms with Gasteiger partial charge in [-0.3, -0.25) is 9.89 Å². The minimum atomic E-state index is -4.69. The molecule has 3 rings (SSSR count). The number of H-pyrrole nitrogens is 1. The molecule has 2 aromatic rings. The number of halogens is 1. The second kappa shape index (κ2) is 4.02. The zero-order valence-electron chi connectivity index (χ0n) is 9.71. The van der Waals surface area contributed by atoms with Gasteiger partial charge in [-0.1, -0.05) is 0 Å². The van der Waals surface area contributed by atoms with E-state index in [1.165, 1.54) is 4.90 Å². The number of nitrogens with one attached hydrogen (secondary N) is 1. The van der Waals surface area contributed by atoms with Gasteiger partial charge in [0, 0.05) is 24.0 Å². The van der Waals surface area contributed by atoms with E-state index in [0.29, 0.717) is 5.69 Å². The van der Waals surface area contributed by atoms with E-state index < -0.39 is 21.4 Å². The number of benzene rings is 1. The smallest absolute Gasteiger partial charge is 0.307 e. The molecule has 1 fully saturated rings. The third kappa shape index (κ3) is 2.07. The fraction of sp³-hybridized carbons (Fsp3) is 0.273. The van der Waals surface area contributed by atoms with E-state index in [1.807, 2.05) is 0 Å². The summed E-state index contributed by atoms with van der Waals surface area (Å²) in [4.78, 5) is 13.1. The topological polar surface area (TPSA) is 83.1 Å². The van der Waals surface area contributed by atoms with E-state index >= 15 is 0 Å². The molecule has 1 aliphatic rings. The molecule has 0 spiro atoms. The minimum Gasteiger partial charge on any atom is -0.311 e. The van der Waals surface area contributed by atoms with Crippen LogP contribution in [-0.4, -0.2) is 36.3 Å². The van der Waals surface area contributed by atoms with Gasteiger partial charge >= 0.3 is 10.2 Å². The van der Waals surface area contributed by atoms with Crippen LogP contribution in [0.2, 0.25) is 0 Å². The van der Waals surface area contributed by atoms with Crippen molar-refractivity contribution >= 4 is 32.7 Å². The van der Waals surface area contributed by atoms with Crippen molar-refractivity contribution in [2.24, 2.45) is 0 Å². The summed E-state index contributed by atoms with van der Waals surface area (Å²) < 4.78 is 34.7. The van der Waals surface area contributed by atoms with Crippen LogP contribution in [0.4, 0.5) is 9.57 Å². The zero-order chi connectivity index (χ0) is 13.6. The van der Waals surface area contributed by atoms with Crippen LogP contribution < -0.4 is 4.90 Å². The lowest BCUT2D eigenvalue weighted by Crippen LogP contribution is -2.26. The van der Waals surface area contributed by atoms with Crippen molar-refractivity contribution in [1.29, 1.82) is 0 Å². The van der Waals surface area contributed by atoms with E-state index in [9.17, 15) is 17.1 Å². The van der Waals surface area contributed by atoms with Crippen molar-refractivity contribution < 1.29 is 17.1 Å². The van der Waals surface area contributed by atoms with Gasteiger partial charge in [0.15, 0.2) is 0 Å². The molecule has 1 saturated heterocycles. The monoisotopic (exact) mass is 283 g/mol. The quantitative estimate of drug-likeness (QED) is 0.832. The van der Waals surface area contributed by atoms with E-state index in [0.717, 1.165) is 10.9 Å². The number of fused-ring (bicyclic) bond motifs is 1. The van der Waals surface area contributed by atoms with E-state index in [-0.39, 0.29) is 13.0 Å². The molecule has 100 valence electrons. The van der Waals surface area contributed by atoms with E-state index in [4.69, 9.17) is 0 Å². The molecule has 1 aliphatic heterocycles. The molecule has 1 N–H and O–H groups in total. The number of hydrogen-bond acceptors (Lipinski definition) is 4. The first-order valence-electron chi connectivity index (χ1n) is 5.62. The van der Waals surface area contributed by atoms with Gasteiger partial charge in [-0.15, -0.1) is 3.89 Å². The molecular weight excluding hydrogens is 273 g/mol. The minimum absolute atomic E-state index is 0.155. The SMILES string of the molecule is O=C1CC(S(=O)(=O)F)CN1c1ccc2cn[nH]c2c1. The molecule has 0 aliphatic carbocycles. The Morgan fingerprint density at radius 3 is 2.89 bits per heavy atom. The van der Waals surface area contributed by atoms with Gasteiger partial charge in [-0.25, -0.2) is 0 Å². The third-order valence-corrected chi connectivity index (χ3v) is 4.34. The largest absolute Gasteiger partial charge is 0.311 e. The molecule has 0 radical (unpaired) electrons. The molecule has 0 bridgehead atoms. The average Bonchev–Trinajstić information content (AvgIpc) is 2.92. The van der Waals surface area contributed by atoms with Gasteiger partial charge in [0.05, 0.1) is 11.7 Å². The number of rotatable bonds is 2. The molecule has 2 heterocycles. The van der Waals surface area contributed by atoms with Crippen LogP contribution in [0, 0.1) is 0 Å². The van der Waals surface area contributed by atoms with Gasteiger partial charge < -0.3 is 4.90 Å². The second-order valence-electron chi connectivity index (χ2n) is 4.45. The Morgan fingerprint density at radius 2 is 2.21 bits per heavy atom. The Morgan fingerprint density at radius 1 is 1.42 bits per heavy atom. The van der Waals surface area contributed by atoms with Crippen LogP contribution in [0.15, 0.2) is 24.4 Å². The molecule has 0 saturated carbocycles. The predicted octanol–water partition coefficient (Wildman–Crippen LogP) is 0.967. The third-order valence-electron chi connectivity index (χ3n) is 3.22. The van der Waals surface area contributed by atoms with Crippen LogP contribution in [0.25, 0.3) is 10.9 Å². The summed E-state index contributed by atoms with van der Waals surface area (Å²) in [5.41, 5.74) is 1.27. The summed E-state index contributed by atoms with van der Waals surface area (Å²) in [5.74, 6) is -0.398. The Labute approximate surface area is 108 Å². The summed E-state index contributed by atoms with van der Waals surface area (Å²) in [6, 6.07) is 5.13. The van der Waals surface area contributed by atoms with Crippen molar-refractivity contribution in [2.75, 3.05) is 11.4 Å². The number of anilines is 1. The highest BCUT2D eigenvalue weighted by atomic mass is 32.3. The number of amides is 1. The molecule has 8 heteroatoms. The summed E-state index contributed by atoms with van der Waals surface area (Å²) in [7, 11) is -4.69. The van der Waals surface area contributed by atoms with Gasteiger partial charge in [0.1, 0.15) is 5.25 Å². The highest BCUT2D eigenvalue weighted by molar-refractivity contribution is 7.87. The Kier molecular flexibility index (Phi) is 2.56. The number of hydrogen-bond donors (Lipinski definition) is 1. The van der Waals surface area contributed by atoms with E-state index in [1.54, 1.807) is 24.4 Å². The molecular formula is C11H10FN3O3S. The molecule has 1 atom stereocenters. The number of aromatic nitrogens is 2. The first-order valence-corrected chi connectivity index (χ1v) is 7.07. The lowest BCUT2D eigenvalue weighted by Gasteiger charge is -2.15. The lowest BCUT2D eigenvalue weighted by atomic mass is 10.2. The van der Waals surface area contributed by atoms with Gasteiger partial charge in [-0.2, -0.15) is 13.5 Å². The Balaban J connectivity index is 1.96. The molecule has 19 heavy (non-hydrogen) atoms. The van der Waals surface area contributed by atoms with Crippen LogP contribution >= 0.6 is 0 Å². The predicted molar refractivity (Wildman–Crippen MR) is 66.9 cm³/mol. The highest BCUT2D eigenvalue weighted by Crippen LogP contribution is 2.27. The lowest BCUT2D eigenvalue weighted by molar-refractivity contribution is -0.117. The first kappa shape index (κ1) is 12.1. The summed E-state index contributed by atoms with van der Waals surface area (Å²) in [6.07, 6.45) is 1.32. The van der Waals surface area contributed by atoms with Gasteiger partial charge in [0.2, 0.25) is 5.91 Å². The van der Waals surface area contributed by atoms with Crippen molar-refractivity contribution in [2.45, 2.75) is 11.7 Å². The fourth-order valence-corrected chi connectivity index (χ4v) is 2.87. The highest BCUT2D eigenvalue weighted by Gasteiger charge is 2.39. The Bertz CT molecular complexity index is 755. The normalized spacial score (nSPS) is 20.4. The van der Waals surface area contributed by atoms with Gasteiger partial charge in [-0.05, 0) is 18.2 Å². The number of nitrogens with zero attached hydrogens (tertiary/aromatic N) is 2. The van der Waals surface area contributed by atoms with Gasteiger partial charge in [0.25, 0.3) is 0 Å². The molecule has 1 aromatic heterocycles. The maximum atomic E-state index is 12.9. The van der Waals surface area contributed by atoms with Crippen molar-refractivity contribution in [3.8, 4) is 0 Å². The summed E-state index contributed by atoms with van der Waals surface area (Å²) in [5, 5.41) is 6.22. The van der Waals surface area contributed by atoms with Crippen molar-refractivity contribution in [3.63, 3.8) is 0 Å². The maximum absolute atomic E-state index is 12.9. The number of aromatic amines is 1. The van der Waals surface area contributed by atoms with Crippen LogP contribution in [0.1, 0.15) is 6.42 Å². The molecule has 1 aromatic carbocycles. The number of carbonyl (C=O) groups excluding carboxylic acids is 1. The fourth-order valence-electron chi connectivity index (χ4n) is 2.21. The van der Waals surface area contributed by atoms with Crippen LogP contribution in [0.3, 0.4) is 0 Å².